The van der Waals surface area contributed by atoms with Crippen molar-refractivity contribution >= 4 is 44.5 Å². The molecule has 138 valence electrons. The lowest BCUT2D eigenvalue weighted by Gasteiger charge is -2.43. The summed E-state index contributed by atoms with van der Waals surface area (Å²) in [5.41, 5.74) is 3.37. The Morgan fingerprint density at radius 1 is 1.11 bits per heavy atom. The molecule has 2 aromatic carbocycles. The molecule has 0 saturated carbocycles. The van der Waals surface area contributed by atoms with Crippen molar-refractivity contribution in [3.05, 3.63) is 62.8 Å². The molecule has 0 bridgehead atoms. The molecule has 0 N–H and O–H groups in total. The fraction of sp³-hybridized carbons (Fsp3) is 0.238. The number of amides is 1. The van der Waals surface area contributed by atoms with E-state index in [1.807, 2.05) is 53.4 Å². The predicted molar refractivity (Wildman–Crippen MR) is 116 cm³/mol. The third-order valence-electron chi connectivity index (χ3n) is 4.91. The number of rotatable bonds is 3. The van der Waals surface area contributed by atoms with Crippen LogP contribution in [-0.2, 0) is 16.8 Å². The molecule has 1 aromatic heterocycles. The van der Waals surface area contributed by atoms with Gasteiger partial charge >= 0.3 is 0 Å². The molecule has 0 aliphatic carbocycles. The Morgan fingerprint density at radius 3 is 2.56 bits per heavy atom. The zero-order valence-electron chi connectivity index (χ0n) is 15.3. The van der Waals surface area contributed by atoms with Gasteiger partial charge in [-0.15, -0.1) is 0 Å². The number of ether oxygens (including phenoxy) is 1. The molecule has 0 fully saturated rings. The van der Waals surface area contributed by atoms with Gasteiger partial charge in [-0.25, -0.2) is 0 Å². The van der Waals surface area contributed by atoms with E-state index in [1.165, 1.54) is 0 Å². The fourth-order valence-electron chi connectivity index (χ4n) is 3.68. The maximum absolute atomic E-state index is 13.5. The number of para-hydroxylation sites is 1. The SMILES string of the molecule is COc1cccc2c1N(C(=O)Cc1ccccc1)C(C)(C)c1ssc(=S)c1-2. The van der Waals surface area contributed by atoms with Gasteiger partial charge in [-0.05, 0) is 25.5 Å². The lowest BCUT2D eigenvalue weighted by atomic mass is 9.86. The van der Waals surface area contributed by atoms with Crippen LogP contribution >= 0.6 is 32.9 Å². The zero-order valence-corrected chi connectivity index (χ0v) is 17.8. The molecule has 3 aromatic rings. The van der Waals surface area contributed by atoms with E-state index in [0.717, 1.165) is 31.1 Å². The smallest absolute Gasteiger partial charge is 0.232 e. The predicted octanol–water partition coefficient (Wildman–Crippen LogP) is 6.04. The zero-order chi connectivity index (χ0) is 19.2. The monoisotopic (exact) mass is 413 g/mol. The van der Waals surface area contributed by atoms with Crippen molar-refractivity contribution < 1.29 is 9.53 Å². The highest BCUT2D eigenvalue weighted by Crippen LogP contribution is 2.54. The van der Waals surface area contributed by atoms with Crippen LogP contribution in [0.1, 0.15) is 24.3 Å². The van der Waals surface area contributed by atoms with Gasteiger partial charge in [0.1, 0.15) is 9.57 Å². The van der Waals surface area contributed by atoms with Gasteiger partial charge in [-0.2, -0.15) is 0 Å². The summed E-state index contributed by atoms with van der Waals surface area (Å²) >= 11 is 5.62. The van der Waals surface area contributed by atoms with Crippen LogP contribution in [0.4, 0.5) is 5.69 Å². The summed E-state index contributed by atoms with van der Waals surface area (Å²) in [4.78, 5) is 16.5. The molecule has 4 rings (SSSR count). The van der Waals surface area contributed by atoms with E-state index in [1.54, 1.807) is 27.8 Å². The molecule has 0 atom stereocenters. The quantitative estimate of drug-likeness (QED) is 0.387. The van der Waals surface area contributed by atoms with Gasteiger partial charge in [0.05, 0.1) is 29.6 Å². The van der Waals surface area contributed by atoms with Crippen molar-refractivity contribution in [2.75, 3.05) is 12.0 Å². The second-order valence-corrected chi connectivity index (χ2v) is 9.78. The minimum atomic E-state index is -0.499. The second kappa shape index (κ2) is 6.86. The molecule has 1 amide bonds. The summed E-state index contributed by atoms with van der Waals surface area (Å²) < 4.78 is 6.52. The minimum Gasteiger partial charge on any atom is -0.495 e. The lowest BCUT2D eigenvalue weighted by Crippen LogP contribution is -2.48. The number of hydrogen-bond acceptors (Lipinski definition) is 5. The summed E-state index contributed by atoms with van der Waals surface area (Å²) in [6, 6.07) is 15.7. The number of fused-ring (bicyclic) bond motifs is 3. The summed E-state index contributed by atoms with van der Waals surface area (Å²) in [5, 5.41) is 0. The second-order valence-electron chi connectivity index (χ2n) is 6.97. The molecular weight excluding hydrogens is 394 g/mol. The van der Waals surface area contributed by atoms with Crippen molar-refractivity contribution in [2.24, 2.45) is 0 Å². The summed E-state index contributed by atoms with van der Waals surface area (Å²) in [5.74, 6) is 0.741. The van der Waals surface area contributed by atoms with Crippen molar-refractivity contribution in [1.82, 2.24) is 0 Å². The van der Waals surface area contributed by atoms with E-state index in [2.05, 4.69) is 13.8 Å². The van der Waals surface area contributed by atoms with Gasteiger partial charge in [-0.3, -0.25) is 9.69 Å². The van der Waals surface area contributed by atoms with Crippen LogP contribution in [0.25, 0.3) is 11.1 Å². The average Bonchev–Trinajstić information content (AvgIpc) is 3.05. The van der Waals surface area contributed by atoms with Crippen LogP contribution in [0.5, 0.6) is 5.75 Å². The number of carbonyl (C=O) groups excluding carboxylic acids is 1. The van der Waals surface area contributed by atoms with Crippen molar-refractivity contribution in [2.45, 2.75) is 25.8 Å². The number of nitrogens with zero attached hydrogens (tertiary/aromatic N) is 1. The van der Waals surface area contributed by atoms with E-state index >= 15 is 0 Å². The van der Waals surface area contributed by atoms with E-state index in [0.29, 0.717) is 12.2 Å². The van der Waals surface area contributed by atoms with E-state index < -0.39 is 5.54 Å². The molecule has 3 nitrogen and oxygen atoms in total. The average molecular weight is 414 g/mol. The molecule has 1 aliphatic rings. The Balaban J connectivity index is 1.92. The molecule has 0 radical (unpaired) electrons. The summed E-state index contributed by atoms with van der Waals surface area (Å²) in [6.45, 7) is 4.17. The number of methoxy groups -OCH3 is 1. The van der Waals surface area contributed by atoms with Crippen LogP contribution in [0.3, 0.4) is 0 Å². The van der Waals surface area contributed by atoms with Crippen LogP contribution in [0.15, 0.2) is 48.5 Å². The van der Waals surface area contributed by atoms with E-state index in [-0.39, 0.29) is 5.91 Å². The van der Waals surface area contributed by atoms with Crippen molar-refractivity contribution in [1.29, 1.82) is 0 Å². The Labute approximate surface area is 171 Å². The Hall–Kier alpha value is -2.02. The first-order valence-corrected chi connectivity index (χ1v) is 11.2. The van der Waals surface area contributed by atoms with Crippen molar-refractivity contribution in [3.63, 3.8) is 0 Å². The molecule has 6 heteroatoms. The van der Waals surface area contributed by atoms with Gasteiger partial charge in [0.15, 0.2) is 0 Å². The largest absolute Gasteiger partial charge is 0.495 e. The summed E-state index contributed by atoms with van der Waals surface area (Å²) in [6.07, 6.45) is 0.340. The van der Waals surface area contributed by atoms with E-state index in [4.69, 9.17) is 17.0 Å². The maximum Gasteiger partial charge on any atom is 0.232 e. The van der Waals surface area contributed by atoms with Gasteiger partial charge in [0.2, 0.25) is 5.91 Å². The fourth-order valence-corrected chi connectivity index (χ4v) is 6.96. The Morgan fingerprint density at radius 2 is 1.85 bits per heavy atom. The Bertz CT molecular complexity index is 1070. The lowest BCUT2D eigenvalue weighted by molar-refractivity contribution is -0.119. The van der Waals surface area contributed by atoms with Crippen LogP contribution in [-0.4, -0.2) is 13.0 Å². The normalized spacial score (nSPS) is 14.4. The van der Waals surface area contributed by atoms with Gasteiger partial charge in [0.25, 0.3) is 0 Å². The molecule has 0 saturated heterocycles. The number of hydrogen-bond donors (Lipinski definition) is 0. The Kier molecular flexibility index (Phi) is 4.66. The van der Waals surface area contributed by atoms with Crippen LogP contribution < -0.4 is 9.64 Å². The molecule has 27 heavy (non-hydrogen) atoms. The molecule has 0 unspecified atom stereocenters. The molecule has 2 heterocycles. The van der Waals surface area contributed by atoms with Crippen LogP contribution in [0, 0.1) is 3.82 Å². The third-order valence-corrected chi connectivity index (χ3v) is 8.24. The first-order valence-electron chi connectivity index (χ1n) is 8.63. The highest BCUT2D eigenvalue weighted by molar-refractivity contribution is 7.80. The van der Waals surface area contributed by atoms with Crippen LogP contribution in [0.2, 0.25) is 0 Å². The first-order chi connectivity index (χ1) is 12.9. The molecular formula is C21H19NO2S3. The van der Waals surface area contributed by atoms with E-state index in [9.17, 15) is 4.79 Å². The molecule has 0 spiro atoms. The van der Waals surface area contributed by atoms with Gasteiger partial charge in [0, 0.05) is 11.1 Å². The maximum atomic E-state index is 13.5. The molecule has 1 aliphatic heterocycles. The topological polar surface area (TPSA) is 29.5 Å². The summed E-state index contributed by atoms with van der Waals surface area (Å²) in [7, 11) is 4.90. The third kappa shape index (κ3) is 2.92. The number of benzene rings is 2. The minimum absolute atomic E-state index is 0.0481. The number of anilines is 1. The van der Waals surface area contributed by atoms with Gasteiger partial charge in [-0.1, -0.05) is 75.4 Å². The number of carbonyl (C=O) groups is 1. The van der Waals surface area contributed by atoms with Gasteiger partial charge < -0.3 is 4.74 Å². The van der Waals surface area contributed by atoms with Crippen molar-refractivity contribution in [3.8, 4) is 16.9 Å². The highest BCUT2D eigenvalue weighted by atomic mass is 32.9. The standard InChI is InChI=1S/C21H19NO2S3/c1-21(2)19-17(20(25)27-26-19)14-10-7-11-15(24-3)18(14)22(21)16(23)12-13-8-5-4-6-9-13/h4-11H,12H2,1-3H3. The first kappa shape index (κ1) is 18.3. The highest BCUT2D eigenvalue weighted by Gasteiger charge is 2.44.